The van der Waals surface area contributed by atoms with E-state index in [4.69, 9.17) is 5.73 Å². The van der Waals surface area contributed by atoms with E-state index in [1.807, 2.05) is 23.7 Å². The number of pyridine rings is 1. The van der Waals surface area contributed by atoms with Crippen LogP contribution in [0.5, 0.6) is 5.75 Å². The maximum Gasteiger partial charge on any atom is 0.142 e. The van der Waals surface area contributed by atoms with E-state index >= 15 is 0 Å². The largest absolute Gasteiger partial charge is 0.508 e. The molecule has 5 nitrogen and oxygen atoms in total. The minimum atomic E-state index is -0.625. The van der Waals surface area contributed by atoms with Gasteiger partial charge in [-0.3, -0.25) is 0 Å². The average molecular weight is 434 g/mol. The van der Waals surface area contributed by atoms with E-state index in [0.717, 1.165) is 60.0 Å². The van der Waals surface area contributed by atoms with Crippen molar-refractivity contribution in [2.75, 3.05) is 18.0 Å². The smallest absolute Gasteiger partial charge is 0.142 e. The second kappa shape index (κ2) is 7.91. The summed E-state index contributed by atoms with van der Waals surface area (Å²) in [5, 5.41) is 10.8. The van der Waals surface area contributed by atoms with Crippen molar-refractivity contribution in [2.24, 2.45) is 12.8 Å². The first kappa shape index (κ1) is 20.5. The lowest BCUT2D eigenvalue weighted by molar-refractivity contribution is 0.475. The lowest BCUT2D eigenvalue weighted by Gasteiger charge is -2.34. The van der Waals surface area contributed by atoms with E-state index < -0.39 is 11.6 Å². The number of hydrogen-bond acceptors (Lipinski definition) is 4. The number of rotatable bonds is 3. The Balaban J connectivity index is 1.76. The second-order valence-corrected chi connectivity index (χ2v) is 8.38. The van der Waals surface area contributed by atoms with Crippen LogP contribution in [0.4, 0.5) is 14.5 Å². The van der Waals surface area contributed by atoms with Crippen LogP contribution in [0, 0.1) is 11.6 Å². The molecule has 3 heterocycles. The summed E-state index contributed by atoms with van der Waals surface area (Å²) in [5.74, 6) is -1.07. The minimum Gasteiger partial charge on any atom is -0.508 e. The van der Waals surface area contributed by atoms with Crippen LogP contribution in [-0.2, 0) is 7.05 Å². The van der Waals surface area contributed by atoms with Crippen molar-refractivity contribution in [1.29, 1.82) is 0 Å². The number of nitrogens with zero attached hydrogens (tertiary/aromatic N) is 3. The fraction of sp³-hybridized carbons (Fsp3) is 0.240. The molecule has 7 heteroatoms. The number of phenols is 1. The number of aromatic hydroxyl groups is 1. The standard InChI is InChI=1S/C25H24F2N4O/c1-30-23(15-3-2-4-20(32)11-15)13-21-24(31-7-5-19(28)6-8-31)22(14-29-25(21)30)16-9-17(26)12-18(27)10-16/h2-4,9-14,19,32H,5-8,28H2,1H3. The molecule has 0 bridgehead atoms. The van der Waals surface area contributed by atoms with Gasteiger partial charge in [0.05, 0.1) is 11.4 Å². The predicted octanol–water partition coefficient (Wildman–Crippen LogP) is 4.82. The molecule has 0 amide bonds. The quantitative estimate of drug-likeness (QED) is 0.485. The summed E-state index contributed by atoms with van der Waals surface area (Å²) in [6, 6.07) is 12.8. The summed E-state index contributed by atoms with van der Waals surface area (Å²) >= 11 is 0. The summed E-state index contributed by atoms with van der Waals surface area (Å²) in [7, 11) is 1.92. The van der Waals surface area contributed by atoms with Crippen molar-refractivity contribution in [3.8, 4) is 28.1 Å². The Morgan fingerprint density at radius 2 is 1.72 bits per heavy atom. The van der Waals surface area contributed by atoms with Crippen molar-refractivity contribution >= 4 is 16.7 Å². The Morgan fingerprint density at radius 1 is 1.00 bits per heavy atom. The molecule has 1 aliphatic rings. The third-order valence-corrected chi connectivity index (χ3v) is 6.20. The van der Waals surface area contributed by atoms with Gasteiger partial charge in [0.2, 0.25) is 0 Å². The zero-order valence-electron chi connectivity index (χ0n) is 17.7. The van der Waals surface area contributed by atoms with Crippen molar-refractivity contribution in [2.45, 2.75) is 18.9 Å². The summed E-state index contributed by atoms with van der Waals surface area (Å²) in [6.45, 7) is 1.50. The Bertz CT molecular complexity index is 1290. The lowest BCUT2D eigenvalue weighted by atomic mass is 9.99. The SMILES string of the molecule is Cn1c(-c2cccc(O)c2)cc2c(N3CCC(N)CC3)c(-c3cc(F)cc(F)c3)cnc21. The number of fused-ring (bicyclic) bond motifs is 1. The first-order valence-electron chi connectivity index (χ1n) is 10.7. The third-order valence-electron chi connectivity index (χ3n) is 6.20. The van der Waals surface area contributed by atoms with Crippen LogP contribution in [0.3, 0.4) is 0 Å². The highest BCUT2D eigenvalue weighted by atomic mass is 19.1. The maximum atomic E-state index is 14.1. The normalized spacial score (nSPS) is 14.9. The van der Waals surface area contributed by atoms with Gasteiger partial charge in [-0.25, -0.2) is 13.8 Å². The number of anilines is 1. The number of halogens is 2. The molecule has 1 fully saturated rings. The number of phenolic OH excluding ortho intramolecular Hbond substituents is 1. The van der Waals surface area contributed by atoms with Crippen LogP contribution in [0.1, 0.15) is 12.8 Å². The fourth-order valence-electron chi connectivity index (χ4n) is 4.58. The zero-order chi connectivity index (χ0) is 22.4. The molecule has 2 aromatic carbocycles. The van der Waals surface area contributed by atoms with E-state index in [0.29, 0.717) is 11.1 Å². The number of benzene rings is 2. The topological polar surface area (TPSA) is 67.3 Å². The summed E-state index contributed by atoms with van der Waals surface area (Å²) in [6.07, 6.45) is 3.37. The molecular weight excluding hydrogens is 410 g/mol. The first-order valence-corrected chi connectivity index (χ1v) is 10.7. The number of hydrogen-bond donors (Lipinski definition) is 2. The summed E-state index contributed by atoms with van der Waals surface area (Å²) < 4.78 is 30.1. The van der Waals surface area contributed by atoms with E-state index in [1.54, 1.807) is 24.4 Å². The maximum absolute atomic E-state index is 14.1. The van der Waals surface area contributed by atoms with Crippen LogP contribution < -0.4 is 10.6 Å². The van der Waals surface area contributed by atoms with E-state index in [2.05, 4.69) is 9.88 Å². The fourth-order valence-corrected chi connectivity index (χ4v) is 4.58. The number of nitrogens with two attached hydrogens (primary N) is 1. The van der Waals surface area contributed by atoms with Gasteiger partial charge in [-0.05, 0) is 48.7 Å². The molecule has 4 aromatic rings. The van der Waals surface area contributed by atoms with Crippen LogP contribution in [0.2, 0.25) is 0 Å². The molecule has 0 spiro atoms. The van der Waals surface area contributed by atoms with Crippen molar-refractivity contribution in [3.05, 3.63) is 66.4 Å². The number of piperidine rings is 1. The van der Waals surface area contributed by atoms with Gasteiger partial charge in [-0.15, -0.1) is 0 Å². The van der Waals surface area contributed by atoms with Crippen LogP contribution >= 0.6 is 0 Å². The molecule has 0 unspecified atom stereocenters. The molecule has 1 saturated heterocycles. The highest BCUT2D eigenvalue weighted by molar-refractivity contribution is 6.01. The highest BCUT2D eigenvalue weighted by Crippen LogP contribution is 2.41. The van der Waals surface area contributed by atoms with E-state index in [1.165, 1.54) is 12.1 Å². The summed E-state index contributed by atoms with van der Waals surface area (Å²) in [5.41, 5.74) is 10.7. The molecule has 0 radical (unpaired) electrons. The van der Waals surface area contributed by atoms with Gasteiger partial charge < -0.3 is 20.3 Å². The number of aryl methyl sites for hydroxylation is 1. The highest BCUT2D eigenvalue weighted by Gasteiger charge is 2.24. The second-order valence-electron chi connectivity index (χ2n) is 8.38. The molecule has 3 N–H and O–H groups in total. The molecular formula is C25H24F2N4O. The molecule has 0 atom stereocenters. The van der Waals surface area contributed by atoms with Gasteiger partial charge >= 0.3 is 0 Å². The van der Waals surface area contributed by atoms with Gasteiger partial charge in [0, 0.05) is 55.0 Å². The van der Waals surface area contributed by atoms with Crippen LogP contribution in [0.15, 0.2) is 54.7 Å². The number of aromatic nitrogens is 2. The van der Waals surface area contributed by atoms with Crippen LogP contribution in [0.25, 0.3) is 33.4 Å². The average Bonchev–Trinajstić information content (AvgIpc) is 3.10. The zero-order valence-corrected chi connectivity index (χ0v) is 17.7. The van der Waals surface area contributed by atoms with Crippen molar-refractivity contribution in [1.82, 2.24) is 9.55 Å². The van der Waals surface area contributed by atoms with E-state index in [-0.39, 0.29) is 11.8 Å². The molecule has 32 heavy (non-hydrogen) atoms. The van der Waals surface area contributed by atoms with Gasteiger partial charge in [-0.2, -0.15) is 0 Å². The Kier molecular flexibility index (Phi) is 5.06. The van der Waals surface area contributed by atoms with Crippen molar-refractivity contribution < 1.29 is 13.9 Å². The third kappa shape index (κ3) is 3.58. The lowest BCUT2D eigenvalue weighted by Crippen LogP contribution is -2.40. The molecule has 1 aliphatic heterocycles. The monoisotopic (exact) mass is 434 g/mol. The molecule has 0 saturated carbocycles. The van der Waals surface area contributed by atoms with Gasteiger partial charge in [0.25, 0.3) is 0 Å². The van der Waals surface area contributed by atoms with Gasteiger partial charge in [0.15, 0.2) is 0 Å². The van der Waals surface area contributed by atoms with E-state index in [9.17, 15) is 13.9 Å². The molecule has 164 valence electrons. The van der Waals surface area contributed by atoms with Crippen LogP contribution in [-0.4, -0.2) is 33.8 Å². The molecule has 0 aliphatic carbocycles. The minimum absolute atomic E-state index is 0.150. The molecule has 2 aromatic heterocycles. The van der Waals surface area contributed by atoms with Gasteiger partial charge in [-0.1, -0.05) is 12.1 Å². The van der Waals surface area contributed by atoms with Gasteiger partial charge in [0.1, 0.15) is 23.0 Å². The Labute approximate surface area is 184 Å². The Hall–Kier alpha value is -3.45. The summed E-state index contributed by atoms with van der Waals surface area (Å²) in [4.78, 5) is 6.89. The predicted molar refractivity (Wildman–Crippen MR) is 123 cm³/mol. The Morgan fingerprint density at radius 3 is 2.41 bits per heavy atom. The molecule has 5 rings (SSSR count). The van der Waals surface area contributed by atoms with Crippen molar-refractivity contribution in [3.63, 3.8) is 0 Å². The first-order chi connectivity index (χ1) is 15.4.